The number of nitrogens with zero attached hydrogens (tertiary/aromatic N) is 1. The van der Waals surface area contributed by atoms with Gasteiger partial charge >= 0.3 is 0 Å². The summed E-state index contributed by atoms with van der Waals surface area (Å²) in [6.45, 7) is 4.45. The van der Waals surface area contributed by atoms with E-state index in [1.807, 2.05) is 38.1 Å². The molecule has 0 aliphatic rings. The molecule has 0 bridgehead atoms. The molecular formula is C13H18N2O2. The molecule has 1 atom stereocenters. The fraction of sp³-hybridized carbons (Fsp3) is 0.462. The van der Waals surface area contributed by atoms with Crippen molar-refractivity contribution in [3.63, 3.8) is 0 Å². The van der Waals surface area contributed by atoms with Gasteiger partial charge < -0.3 is 15.2 Å². The van der Waals surface area contributed by atoms with Gasteiger partial charge in [0.1, 0.15) is 6.07 Å². The van der Waals surface area contributed by atoms with Crippen LogP contribution in [0.15, 0.2) is 18.2 Å². The number of rotatable bonds is 6. The van der Waals surface area contributed by atoms with E-state index >= 15 is 0 Å². The highest BCUT2D eigenvalue weighted by molar-refractivity contribution is 5.43. The Balaban J connectivity index is 2.87. The molecule has 1 aromatic carbocycles. The Morgan fingerprint density at radius 3 is 2.71 bits per heavy atom. The summed E-state index contributed by atoms with van der Waals surface area (Å²) < 4.78 is 10.8. The summed E-state index contributed by atoms with van der Waals surface area (Å²) in [7, 11) is 0. The Kier molecular flexibility index (Phi) is 5.31. The van der Waals surface area contributed by atoms with E-state index in [1.165, 1.54) is 0 Å². The Morgan fingerprint density at radius 2 is 2.12 bits per heavy atom. The van der Waals surface area contributed by atoms with Crippen LogP contribution < -0.4 is 15.2 Å². The number of nitrogens with two attached hydrogens (primary N) is 1. The molecule has 0 aliphatic heterocycles. The molecule has 0 aliphatic carbocycles. The molecule has 4 nitrogen and oxygen atoms in total. The van der Waals surface area contributed by atoms with Crippen LogP contribution in [-0.2, 0) is 6.42 Å². The highest BCUT2D eigenvalue weighted by atomic mass is 16.5. The van der Waals surface area contributed by atoms with E-state index in [4.69, 9.17) is 20.5 Å². The first-order valence-electron chi connectivity index (χ1n) is 5.68. The van der Waals surface area contributed by atoms with Gasteiger partial charge in [0, 0.05) is 6.04 Å². The molecule has 92 valence electrons. The van der Waals surface area contributed by atoms with Gasteiger partial charge in [-0.25, -0.2) is 0 Å². The van der Waals surface area contributed by atoms with Crippen molar-refractivity contribution >= 4 is 0 Å². The van der Waals surface area contributed by atoms with E-state index < -0.39 is 0 Å². The predicted octanol–water partition coefficient (Wildman–Crippen LogP) is 1.88. The maximum Gasteiger partial charge on any atom is 0.174 e. The fourth-order valence-corrected chi connectivity index (χ4v) is 1.55. The summed E-state index contributed by atoms with van der Waals surface area (Å²) in [6, 6.07) is 7.72. The minimum atomic E-state index is 0.0205. The summed E-state index contributed by atoms with van der Waals surface area (Å²) in [5.74, 6) is 1.27. The van der Waals surface area contributed by atoms with Crippen LogP contribution in [0.1, 0.15) is 19.4 Å². The molecule has 0 amide bonds. The molecule has 1 rings (SSSR count). The number of hydrogen-bond donors (Lipinski definition) is 1. The maximum atomic E-state index is 8.49. The lowest BCUT2D eigenvalue weighted by molar-refractivity contribution is 0.298. The number of hydrogen-bond acceptors (Lipinski definition) is 4. The highest BCUT2D eigenvalue weighted by Gasteiger charge is 2.07. The first-order chi connectivity index (χ1) is 8.17. The normalized spacial score (nSPS) is 11.6. The summed E-state index contributed by atoms with van der Waals surface area (Å²) in [5, 5.41) is 8.49. The lowest BCUT2D eigenvalue weighted by Crippen LogP contribution is -2.17. The molecule has 1 unspecified atom stereocenters. The molecule has 0 aromatic heterocycles. The second-order valence-electron chi connectivity index (χ2n) is 3.84. The number of nitriles is 1. The zero-order chi connectivity index (χ0) is 12.7. The average molecular weight is 234 g/mol. The van der Waals surface area contributed by atoms with Gasteiger partial charge in [-0.1, -0.05) is 6.07 Å². The number of benzene rings is 1. The third-order valence-corrected chi connectivity index (χ3v) is 2.16. The predicted molar refractivity (Wildman–Crippen MR) is 66.1 cm³/mol. The van der Waals surface area contributed by atoms with E-state index in [9.17, 15) is 0 Å². The topological polar surface area (TPSA) is 68.3 Å². The van der Waals surface area contributed by atoms with Gasteiger partial charge in [0.25, 0.3) is 0 Å². The second-order valence-corrected chi connectivity index (χ2v) is 3.84. The highest BCUT2D eigenvalue weighted by Crippen LogP contribution is 2.28. The van der Waals surface area contributed by atoms with E-state index in [0.29, 0.717) is 18.1 Å². The van der Waals surface area contributed by atoms with Crippen molar-refractivity contribution in [3.8, 4) is 17.6 Å². The van der Waals surface area contributed by atoms with Crippen LogP contribution in [0.2, 0.25) is 0 Å². The average Bonchev–Trinajstić information content (AvgIpc) is 2.28. The molecule has 0 spiro atoms. The van der Waals surface area contributed by atoms with Crippen molar-refractivity contribution in [2.45, 2.75) is 26.3 Å². The van der Waals surface area contributed by atoms with Crippen LogP contribution in [0.25, 0.3) is 0 Å². The summed E-state index contributed by atoms with van der Waals surface area (Å²) in [4.78, 5) is 0. The monoisotopic (exact) mass is 234 g/mol. The van der Waals surface area contributed by atoms with Crippen molar-refractivity contribution in [2.24, 2.45) is 5.73 Å². The van der Waals surface area contributed by atoms with Gasteiger partial charge in [0.15, 0.2) is 18.1 Å². The van der Waals surface area contributed by atoms with Crippen LogP contribution in [-0.4, -0.2) is 19.3 Å². The smallest absolute Gasteiger partial charge is 0.174 e. The van der Waals surface area contributed by atoms with Crippen molar-refractivity contribution < 1.29 is 9.47 Å². The molecule has 4 heteroatoms. The molecule has 17 heavy (non-hydrogen) atoms. The van der Waals surface area contributed by atoms with Gasteiger partial charge in [0.2, 0.25) is 0 Å². The third-order valence-electron chi connectivity index (χ3n) is 2.16. The molecule has 2 N–H and O–H groups in total. The molecule has 0 saturated heterocycles. The van der Waals surface area contributed by atoms with Gasteiger partial charge in [-0.05, 0) is 38.0 Å². The second kappa shape index (κ2) is 6.77. The molecule has 0 radical (unpaired) electrons. The molecule has 1 aromatic rings. The van der Waals surface area contributed by atoms with Crippen LogP contribution in [0.4, 0.5) is 0 Å². The zero-order valence-electron chi connectivity index (χ0n) is 10.3. The van der Waals surface area contributed by atoms with E-state index in [-0.39, 0.29) is 12.6 Å². The van der Waals surface area contributed by atoms with E-state index in [1.54, 1.807) is 0 Å². The first-order valence-corrected chi connectivity index (χ1v) is 5.68. The van der Waals surface area contributed by atoms with Crippen molar-refractivity contribution in [1.29, 1.82) is 5.26 Å². The van der Waals surface area contributed by atoms with Crippen LogP contribution >= 0.6 is 0 Å². The Labute approximate surface area is 102 Å². The molecular weight excluding hydrogens is 216 g/mol. The largest absolute Gasteiger partial charge is 0.490 e. The molecule has 0 saturated carbocycles. The Morgan fingerprint density at radius 1 is 1.35 bits per heavy atom. The van der Waals surface area contributed by atoms with Crippen LogP contribution in [0.5, 0.6) is 11.5 Å². The number of ether oxygens (including phenoxy) is 2. The minimum absolute atomic E-state index is 0.0205. The minimum Gasteiger partial charge on any atom is -0.490 e. The maximum absolute atomic E-state index is 8.49. The summed E-state index contributed by atoms with van der Waals surface area (Å²) >= 11 is 0. The van der Waals surface area contributed by atoms with Crippen LogP contribution in [0, 0.1) is 11.3 Å². The van der Waals surface area contributed by atoms with Gasteiger partial charge in [-0.15, -0.1) is 0 Å². The van der Waals surface area contributed by atoms with E-state index in [0.717, 1.165) is 12.0 Å². The summed E-state index contributed by atoms with van der Waals surface area (Å²) in [6.07, 6.45) is 0.790. The first kappa shape index (κ1) is 13.3. The SMILES string of the molecule is CCOc1cc(CC(C)N)ccc1OCC#N. The van der Waals surface area contributed by atoms with Crippen molar-refractivity contribution in [1.82, 2.24) is 0 Å². The zero-order valence-corrected chi connectivity index (χ0v) is 10.3. The van der Waals surface area contributed by atoms with Gasteiger partial charge in [-0.3, -0.25) is 0 Å². The standard InChI is InChI=1S/C13H18N2O2/c1-3-16-13-9-11(8-10(2)15)4-5-12(13)17-7-6-14/h4-5,9-10H,3,7-8,15H2,1-2H3. The van der Waals surface area contributed by atoms with Crippen molar-refractivity contribution in [3.05, 3.63) is 23.8 Å². The quantitative estimate of drug-likeness (QED) is 0.816. The Bertz CT molecular complexity index is 397. The summed E-state index contributed by atoms with van der Waals surface area (Å²) in [5.41, 5.74) is 6.86. The van der Waals surface area contributed by atoms with E-state index in [2.05, 4.69) is 0 Å². The Hall–Kier alpha value is -1.73. The lowest BCUT2D eigenvalue weighted by atomic mass is 10.1. The molecule has 0 fully saturated rings. The molecule has 0 heterocycles. The van der Waals surface area contributed by atoms with Gasteiger partial charge in [-0.2, -0.15) is 5.26 Å². The lowest BCUT2D eigenvalue weighted by Gasteiger charge is -2.12. The van der Waals surface area contributed by atoms with Crippen LogP contribution in [0.3, 0.4) is 0 Å². The van der Waals surface area contributed by atoms with Crippen molar-refractivity contribution in [2.75, 3.05) is 13.2 Å². The fourth-order valence-electron chi connectivity index (χ4n) is 1.55. The van der Waals surface area contributed by atoms with Gasteiger partial charge in [0.05, 0.1) is 6.61 Å². The third kappa shape index (κ3) is 4.33.